The van der Waals surface area contributed by atoms with Gasteiger partial charge in [-0.3, -0.25) is 0 Å². The molecule has 0 aliphatic heterocycles. The van der Waals surface area contributed by atoms with Crippen LogP contribution in [0.5, 0.6) is 0 Å². The monoisotopic (exact) mass is 389 g/mol. The van der Waals surface area contributed by atoms with Crippen LogP contribution in [0.25, 0.3) is 0 Å². The van der Waals surface area contributed by atoms with Gasteiger partial charge in [0, 0.05) is 12.4 Å². The molecule has 164 valence electrons. The summed E-state index contributed by atoms with van der Waals surface area (Å²) in [5, 5.41) is 0. The number of aromatic amines is 1. The Morgan fingerprint density at radius 1 is 0.429 bits per heavy atom. The minimum absolute atomic E-state index is 1.28. The van der Waals surface area contributed by atoms with E-state index in [4.69, 9.17) is 0 Å². The van der Waals surface area contributed by atoms with Gasteiger partial charge in [0.1, 0.15) is 0 Å². The number of aromatic nitrogens is 1. The van der Waals surface area contributed by atoms with Crippen LogP contribution in [0, 0.1) is 0 Å². The lowest BCUT2D eigenvalue weighted by Gasteiger charge is -2.05. The van der Waals surface area contributed by atoms with Crippen molar-refractivity contribution < 1.29 is 0 Å². The average Bonchev–Trinajstić information content (AvgIpc) is 3.15. The van der Waals surface area contributed by atoms with Gasteiger partial charge in [0.15, 0.2) is 0 Å². The van der Waals surface area contributed by atoms with Crippen LogP contribution in [0.15, 0.2) is 12.4 Å². The second-order valence-corrected chi connectivity index (χ2v) is 9.02. The topological polar surface area (TPSA) is 15.8 Å². The standard InChI is InChI=1S/C27H51N/c1-3-5-7-9-10-11-12-13-14-15-16-17-19-21-23-27-25-28-24-26(27)22-20-18-8-6-4-2/h24-25,28H,3-23H2,1-2H3. The Hall–Kier alpha value is -0.720. The van der Waals surface area contributed by atoms with Gasteiger partial charge in [-0.25, -0.2) is 0 Å². The van der Waals surface area contributed by atoms with E-state index in [-0.39, 0.29) is 0 Å². The Labute approximate surface area is 177 Å². The molecule has 0 saturated heterocycles. The first kappa shape index (κ1) is 25.3. The Kier molecular flexibility index (Phi) is 17.7. The molecule has 0 aliphatic rings. The SMILES string of the molecule is CCCCCCCCCCCCCCCCc1c[nH]cc1CCCCCCC. The van der Waals surface area contributed by atoms with Crippen LogP contribution >= 0.6 is 0 Å². The van der Waals surface area contributed by atoms with Crippen LogP contribution < -0.4 is 0 Å². The van der Waals surface area contributed by atoms with E-state index < -0.39 is 0 Å². The molecular formula is C27H51N. The highest BCUT2D eigenvalue weighted by molar-refractivity contribution is 5.23. The summed E-state index contributed by atoms with van der Waals surface area (Å²) in [5.41, 5.74) is 3.18. The Morgan fingerprint density at radius 2 is 0.714 bits per heavy atom. The van der Waals surface area contributed by atoms with Gasteiger partial charge in [-0.15, -0.1) is 0 Å². The zero-order chi connectivity index (χ0) is 20.1. The van der Waals surface area contributed by atoms with Gasteiger partial charge in [-0.2, -0.15) is 0 Å². The van der Waals surface area contributed by atoms with Gasteiger partial charge < -0.3 is 4.98 Å². The predicted molar refractivity (Wildman–Crippen MR) is 127 cm³/mol. The zero-order valence-electron chi connectivity index (χ0n) is 19.5. The van der Waals surface area contributed by atoms with Crippen LogP contribution in [0.4, 0.5) is 0 Å². The minimum Gasteiger partial charge on any atom is -0.367 e. The number of unbranched alkanes of at least 4 members (excludes halogenated alkanes) is 17. The lowest BCUT2D eigenvalue weighted by molar-refractivity contribution is 0.535. The fourth-order valence-corrected chi connectivity index (χ4v) is 4.32. The van der Waals surface area contributed by atoms with Crippen molar-refractivity contribution in [1.29, 1.82) is 0 Å². The Morgan fingerprint density at radius 3 is 1.04 bits per heavy atom. The summed E-state index contributed by atoms with van der Waals surface area (Å²) in [6.07, 6.45) is 34.2. The molecule has 0 aromatic carbocycles. The largest absolute Gasteiger partial charge is 0.367 e. The molecule has 0 spiro atoms. The number of aryl methyl sites for hydroxylation is 2. The molecule has 1 aromatic heterocycles. The van der Waals surface area contributed by atoms with Gasteiger partial charge in [0.05, 0.1) is 0 Å². The third-order valence-corrected chi connectivity index (χ3v) is 6.28. The summed E-state index contributed by atoms with van der Waals surface area (Å²) in [5.74, 6) is 0. The molecule has 0 atom stereocenters. The molecule has 28 heavy (non-hydrogen) atoms. The zero-order valence-corrected chi connectivity index (χ0v) is 19.5. The molecule has 1 N–H and O–H groups in total. The van der Waals surface area contributed by atoms with Gasteiger partial charge >= 0.3 is 0 Å². The van der Waals surface area contributed by atoms with Crippen molar-refractivity contribution in [3.05, 3.63) is 23.5 Å². The lowest BCUT2D eigenvalue weighted by atomic mass is 10.00. The van der Waals surface area contributed by atoms with E-state index in [1.54, 1.807) is 11.1 Å². The highest BCUT2D eigenvalue weighted by atomic mass is 14.6. The molecular weight excluding hydrogens is 338 g/mol. The summed E-state index contributed by atoms with van der Waals surface area (Å²) in [6, 6.07) is 0. The molecule has 1 heteroatoms. The summed E-state index contributed by atoms with van der Waals surface area (Å²) in [7, 11) is 0. The smallest absolute Gasteiger partial charge is 0.00401 e. The Bertz CT molecular complexity index is 420. The van der Waals surface area contributed by atoms with E-state index in [1.807, 2.05) is 0 Å². The summed E-state index contributed by atoms with van der Waals surface area (Å²) < 4.78 is 0. The molecule has 0 radical (unpaired) electrons. The van der Waals surface area contributed by atoms with E-state index >= 15 is 0 Å². The summed E-state index contributed by atoms with van der Waals surface area (Å²) in [4.78, 5) is 3.35. The van der Waals surface area contributed by atoms with Crippen LogP contribution in [-0.4, -0.2) is 4.98 Å². The minimum atomic E-state index is 1.28. The molecule has 1 aromatic rings. The maximum atomic E-state index is 3.35. The third kappa shape index (κ3) is 14.3. The van der Waals surface area contributed by atoms with Crippen LogP contribution in [0.1, 0.15) is 147 Å². The molecule has 1 nitrogen and oxygen atoms in total. The molecule has 0 aliphatic carbocycles. The van der Waals surface area contributed by atoms with Crippen molar-refractivity contribution in [2.75, 3.05) is 0 Å². The van der Waals surface area contributed by atoms with Crippen molar-refractivity contribution in [3.8, 4) is 0 Å². The van der Waals surface area contributed by atoms with Gasteiger partial charge in [-0.05, 0) is 36.8 Å². The number of hydrogen-bond acceptors (Lipinski definition) is 0. The van der Waals surface area contributed by atoms with E-state index in [1.165, 1.54) is 135 Å². The van der Waals surface area contributed by atoms with Crippen LogP contribution in [0.2, 0.25) is 0 Å². The summed E-state index contributed by atoms with van der Waals surface area (Å²) in [6.45, 7) is 4.59. The molecule has 0 saturated carbocycles. The van der Waals surface area contributed by atoms with E-state index in [9.17, 15) is 0 Å². The molecule has 1 rings (SSSR count). The Balaban J connectivity index is 1.88. The number of hydrogen-bond donors (Lipinski definition) is 1. The average molecular weight is 390 g/mol. The second-order valence-electron chi connectivity index (χ2n) is 9.02. The van der Waals surface area contributed by atoms with Crippen molar-refractivity contribution in [3.63, 3.8) is 0 Å². The fraction of sp³-hybridized carbons (Fsp3) is 0.852. The van der Waals surface area contributed by atoms with E-state index in [0.29, 0.717) is 0 Å². The molecule has 0 fully saturated rings. The first-order chi connectivity index (χ1) is 13.9. The number of nitrogens with one attached hydrogen (secondary N) is 1. The highest BCUT2D eigenvalue weighted by Gasteiger charge is 2.03. The number of rotatable bonds is 21. The molecule has 1 heterocycles. The van der Waals surface area contributed by atoms with Gasteiger partial charge in [0.25, 0.3) is 0 Å². The second kappa shape index (κ2) is 19.6. The maximum absolute atomic E-state index is 3.35. The normalized spacial score (nSPS) is 11.4. The van der Waals surface area contributed by atoms with E-state index in [0.717, 1.165) is 0 Å². The molecule has 0 amide bonds. The van der Waals surface area contributed by atoms with Gasteiger partial charge in [0.2, 0.25) is 0 Å². The molecule has 0 bridgehead atoms. The number of H-pyrrole nitrogens is 1. The van der Waals surface area contributed by atoms with Gasteiger partial charge in [-0.1, -0.05) is 123 Å². The quantitative estimate of drug-likeness (QED) is 0.201. The van der Waals surface area contributed by atoms with Crippen molar-refractivity contribution in [2.45, 2.75) is 149 Å². The van der Waals surface area contributed by atoms with Crippen molar-refractivity contribution >= 4 is 0 Å². The molecule has 0 unspecified atom stereocenters. The fourth-order valence-electron chi connectivity index (χ4n) is 4.32. The predicted octanol–water partition coefficient (Wildman–Crippen LogP) is 9.55. The maximum Gasteiger partial charge on any atom is 0.00401 e. The lowest BCUT2D eigenvalue weighted by Crippen LogP contribution is -1.92. The highest BCUT2D eigenvalue weighted by Crippen LogP contribution is 2.17. The van der Waals surface area contributed by atoms with Crippen molar-refractivity contribution in [2.24, 2.45) is 0 Å². The third-order valence-electron chi connectivity index (χ3n) is 6.28. The first-order valence-electron chi connectivity index (χ1n) is 13.0. The van der Waals surface area contributed by atoms with E-state index in [2.05, 4.69) is 31.2 Å². The van der Waals surface area contributed by atoms with Crippen LogP contribution in [-0.2, 0) is 12.8 Å². The van der Waals surface area contributed by atoms with Crippen molar-refractivity contribution in [1.82, 2.24) is 4.98 Å². The summed E-state index contributed by atoms with van der Waals surface area (Å²) >= 11 is 0. The van der Waals surface area contributed by atoms with Crippen LogP contribution in [0.3, 0.4) is 0 Å². The first-order valence-corrected chi connectivity index (χ1v) is 13.0.